The van der Waals surface area contributed by atoms with Crippen molar-refractivity contribution in [1.29, 1.82) is 0 Å². The van der Waals surface area contributed by atoms with Gasteiger partial charge in [-0.05, 0) is 93.7 Å². The molecule has 0 fully saturated rings. The zero-order valence-electron chi connectivity index (χ0n) is 70.1. The third-order valence-electron chi connectivity index (χ3n) is 29.2. The highest BCUT2D eigenvalue weighted by Crippen LogP contribution is 2.67. The lowest BCUT2D eigenvalue weighted by Crippen LogP contribution is -2.54. The van der Waals surface area contributed by atoms with E-state index in [0.717, 1.165) is 0 Å². The molecule has 596 valence electrons. The van der Waals surface area contributed by atoms with Gasteiger partial charge in [0, 0.05) is 152 Å². The Hall–Kier alpha value is -16.0. The first-order valence-electron chi connectivity index (χ1n) is 44.7. The molecular formula is C120H84N8+8. The number of rotatable bonds is 8. The molecule has 30 rings (SSSR count). The maximum Gasteiger partial charge on any atom is 0.328 e. The SMILES string of the molecule is c1ccc([N+]2(c3ccccc3)c3cccc4ccc5[n+](c34)C2c2c-5ccc3ccccc23)cc1.c1ccc([N+]2(c3ccccc3)c3cccc4ccc5[n+](c34)C2c2ccccc2-5)cc1.c1ccc([N+]2(c3ccccc3)c3cccc4ccc5c(c34)C2[n+]2ccc3ccccc3c2-5)cc1.c1ccc([N+]2(c3ccccc3)c3cccc4ccc5c(c34)C2[n+]2ccccc2-5)cc1. The van der Waals surface area contributed by atoms with Gasteiger partial charge >= 0.3 is 24.7 Å². The van der Waals surface area contributed by atoms with Crippen molar-refractivity contribution in [3.05, 3.63) is 508 Å². The van der Waals surface area contributed by atoms with Gasteiger partial charge in [0.25, 0.3) is 11.0 Å². The number of nitrogens with zero attached hydrogens (tertiary/aromatic N) is 8. The number of pyridine rings is 4. The molecule has 8 heteroatoms. The molecular weight excluding hydrogens is 1550 g/mol. The van der Waals surface area contributed by atoms with Gasteiger partial charge in [-0.3, -0.25) is 0 Å². The summed E-state index contributed by atoms with van der Waals surface area (Å²) in [4.78, 5) is 0. The zero-order chi connectivity index (χ0) is 84.0. The Bertz CT molecular complexity index is 7950. The van der Waals surface area contributed by atoms with Gasteiger partial charge in [-0.2, -0.15) is 17.9 Å². The minimum Gasteiger partial charge on any atom is -0.164 e. The van der Waals surface area contributed by atoms with E-state index in [0.29, 0.717) is 17.9 Å². The molecule has 0 aliphatic carbocycles. The number of benzene rings is 18. The Morgan fingerprint density at radius 1 is 0.180 bits per heavy atom. The molecule has 8 nitrogen and oxygen atoms in total. The largest absolute Gasteiger partial charge is 0.328 e. The Kier molecular flexibility index (Phi) is 15.7. The van der Waals surface area contributed by atoms with E-state index in [-0.39, 0.29) is 24.7 Å². The summed E-state index contributed by atoms with van der Waals surface area (Å²) >= 11 is 0. The van der Waals surface area contributed by atoms with Crippen LogP contribution in [-0.4, -0.2) is 0 Å². The number of aromatic nitrogens is 4. The van der Waals surface area contributed by atoms with Crippen LogP contribution in [0.5, 0.6) is 0 Å². The molecule has 0 amide bonds. The Morgan fingerprint density at radius 2 is 0.516 bits per heavy atom. The van der Waals surface area contributed by atoms with E-state index < -0.39 is 0 Å². The molecule has 0 spiro atoms. The molecule has 12 heterocycles. The molecule has 4 atom stereocenters. The van der Waals surface area contributed by atoms with Crippen LogP contribution in [0.3, 0.4) is 0 Å². The molecule has 0 N–H and O–H groups in total. The Morgan fingerprint density at radius 3 is 1.01 bits per heavy atom. The first-order valence-corrected chi connectivity index (χ1v) is 44.7. The number of hydrogen-bond donors (Lipinski definition) is 0. The quantitative estimate of drug-likeness (QED) is 0.106. The van der Waals surface area contributed by atoms with Crippen LogP contribution < -0.4 is 36.2 Å². The minimum absolute atomic E-state index is 0.0852. The summed E-state index contributed by atoms with van der Waals surface area (Å²) in [7, 11) is 0. The van der Waals surface area contributed by atoms with Crippen LogP contribution >= 0.6 is 0 Å². The van der Waals surface area contributed by atoms with Crippen LogP contribution in [0.4, 0.5) is 68.2 Å². The number of fused-ring (bicyclic) bond motifs is 16. The van der Waals surface area contributed by atoms with Crippen molar-refractivity contribution in [2.24, 2.45) is 0 Å². The maximum atomic E-state index is 2.61. The molecule has 8 aliphatic rings. The fourth-order valence-corrected chi connectivity index (χ4v) is 24.6. The monoisotopic (exact) mass is 1640 g/mol. The molecule has 22 aromatic rings. The van der Waals surface area contributed by atoms with Gasteiger partial charge in [-0.15, -0.1) is 18.3 Å². The maximum absolute atomic E-state index is 2.61. The van der Waals surface area contributed by atoms with Crippen LogP contribution in [-0.2, 0) is 0 Å². The van der Waals surface area contributed by atoms with Crippen molar-refractivity contribution in [2.75, 3.05) is 0 Å². The molecule has 0 bridgehead atoms. The van der Waals surface area contributed by atoms with Gasteiger partial charge in [-0.25, -0.2) is 0 Å². The van der Waals surface area contributed by atoms with Crippen molar-refractivity contribution < 1.29 is 18.3 Å². The lowest BCUT2D eigenvalue weighted by atomic mass is 9.94. The molecule has 4 unspecified atom stereocenters. The highest BCUT2D eigenvalue weighted by molar-refractivity contribution is 6.10. The standard InChI is InChI=1S/2C32H22N2.2C28H20N2/c1-3-12-24(13-4-1)34(25-14-5-2-6-15-25)29-17-9-11-23-19-21-28-27-20-18-22-10-7-8-16-26(22)30(27)32(34)33(28)31(23)29;1-3-12-24(13-4-1)34(25-14-5-2-6-15-25)28-17-9-11-23-18-19-27-30(29(23)28)32(34)33-21-20-22-10-7-8-16-26(22)31(27)33;1-3-11-21(12-4-1)30(22-13-5-2-6-14-22)25-16-9-10-20-17-18-23-24-15-7-8-19-29(24)28(30)27(23)26(20)25;1-3-11-21(12-4-1)30(22-13-5-2-6-14-22)26-17-9-10-20-18-19-25-23-15-7-8-16-24(23)28(30)29(25)27(20)26/h2*1-21,32H;2*1-19,28H/q4*+2. The van der Waals surface area contributed by atoms with E-state index in [2.05, 4.69) is 504 Å². The molecule has 8 aliphatic heterocycles. The number of para-hydroxylation sites is 10. The minimum atomic E-state index is 0.0852. The van der Waals surface area contributed by atoms with Crippen molar-refractivity contribution in [3.63, 3.8) is 0 Å². The molecule has 0 saturated heterocycles. The van der Waals surface area contributed by atoms with Gasteiger partial charge < -0.3 is 0 Å². The molecule has 0 saturated carbocycles. The Balaban J connectivity index is 0.0000000884. The van der Waals surface area contributed by atoms with E-state index in [1.807, 2.05) is 0 Å². The van der Waals surface area contributed by atoms with Crippen LogP contribution in [0, 0.1) is 0 Å². The fraction of sp³-hybridized carbons (Fsp3) is 0.0333. The smallest absolute Gasteiger partial charge is 0.164 e. The average Bonchev–Trinajstić information content (AvgIpc) is 1.54. The summed E-state index contributed by atoms with van der Waals surface area (Å²) in [5.41, 5.74) is 34.6. The normalized spacial score (nSPS) is 17.0. The van der Waals surface area contributed by atoms with Gasteiger partial charge in [0.1, 0.15) is 62.2 Å². The highest BCUT2D eigenvalue weighted by Gasteiger charge is 2.68. The van der Waals surface area contributed by atoms with E-state index in [1.54, 1.807) is 0 Å². The van der Waals surface area contributed by atoms with E-state index in [1.165, 1.54) is 200 Å². The highest BCUT2D eigenvalue weighted by atomic mass is 15.5. The fourth-order valence-electron chi connectivity index (χ4n) is 24.6. The van der Waals surface area contributed by atoms with E-state index >= 15 is 0 Å². The topological polar surface area (TPSA) is 15.5 Å². The predicted octanol–water partition coefficient (Wildman–Crippen LogP) is 28.9. The molecule has 128 heavy (non-hydrogen) atoms. The molecule has 18 aromatic carbocycles. The molecule has 4 aromatic heterocycles. The summed E-state index contributed by atoms with van der Waals surface area (Å²) in [6.07, 6.45) is 5.02. The Labute approximate surface area is 741 Å². The van der Waals surface area contributed by atoms with Crippen molar-refractivity contribution >= 4 is 133 Å². The van der Waals surface area contributed by atoms with Gasteiger partial charge in [-0.1, -0.05) is 255 Å². The third-order valence-corrected chi connectivity index (χ3v) is 29.2. The first-order chi connectivity index (χ1) is 63.6. The lowest BCUT2D eigenvalue weighted by molar-refractivity contribution is -0.710. The number of quaternary nitrogens is 4. The zero-order valence-corrected chi connectivity index (χ0v) is 70.1. The summed E-state index contributed by atoms with van der Waals surface area (Å²) in [5.74, 6) is 0. The summed E-state index contributed by atoms with van der Waals surface area (Å²) < 4.78 is 12.9. The van der Waals surface area contributed by atoms with E-state index in [4.69, 9.17) is 0 Å². The van der Waals surface area contributed by atoms with Crippen LogP contribution in [0.15, 0.2) is 486 Å². The van der Waals surface area contributed by atoms with Crippen LogP contribution in [0.2, 0.25) is 0 Å². The van der Waals surface area contributed by atoms with Crippen molar-refractivity contribution in [1.82, 2.24) is 17.9 Å². The second kappa shape index (κ2) is 27.7. The second-order valence-corrected chi connectivity index (χ2v) is 35.0. The van der Waals surface area contributed by atoms with Gasteiger partial charge in [0.05, 0.1) is 54.7 Å². The summed E-state index contributed by atoms with van der Waals surface area (Å²) in [6, 6.07) is 174. The van der Waals surface area contributed by atoms with Crippen molar-refractivity contribution in [2.45, 2.75) is 24.7 Å². The third kappa shape index (κ3) is 9.54. The average molecular weight is 1640 g/mol. The van der Waals surface area contributed by atoms with Crippen LogP contribution in [0.25, 0.3) is 110 Å². The van der Waals surface area contributed by atoms with Gasteiger partial charge in [0.15, 0.2) is 23.8 Å². The lowest BCUT2D eigenvalue weighted by Gasteiger charge is -2.35. The summed E-state index contributed by atoms with van der Waals surface area (Å²) in [6.45, 7) is 0. The number of hydrogen-bond acceptors (Lipinski definition) is 0. The van der Waals surface area contributed by atoms with Crippen LogP contribution in [0.1, 0.15) is 46.9 Å². The predicted molar refractivity (Wildman–Crippen MR) is 522 cm³/mol. The van der Waals surface area contributed by atoms with Crippen molar-refractivity contribution in [3.8, 4) is 45.0 Å². The van der Waals surface area contributed by atoms with Gasteiger partial charge in [0.2, 0.25) is 34.2 Å². The first kappa shape index (κ1) is 72.4. The molecule has 0 radical (unpaired) electrons. The summed E-state index contributed by atoms with van der Waals surface area (Å²) in [5, 5.41) is 13.2. The van der Waals surface area contributed by atoms with E-state index in [9.17, 15) is 0 Å². The second-order valence-electron chi connectivity index (χ2n) is 35.0.